The molecule has 0 bridgehead atoms. The van der Waals surface area contributed by atoms with Gasteiger partial charge in [-0.05, 0) is 33.1 Å². The number of hydrogen-bond acceptors (Lipinski definition) is 6. The van der Waals surface area contributed by atoms with Gasteiger partial charge in [0.25, 0.3) is 0 Å². The summed E-state index contributed by atoms with van der Waals surface area (Å²) in [7, 11) is 0. The first-order valence-electron chi connectivity index (χ1n) is 8.64. The Morgan fingerprint density at radius 3 is 2.67 bits per heavy atom. The van der Waals surface area contributed by atoms with Crippen molar-refractivity contribution in [3.05, 3.63) is 17.0 Å². The molecule has 0 radical (unpaired) electrons. The summed E-state index contributed by atoms with van der Waals surface area (Å²) in [5.41, 5.74) is 1.81. The summed E-state index contributed by atoms with van der Waals surface area (Å²) >= 11 is 0. The normalized spacial score (nSPS) is 25.6. The van der Waals surface area contributed by atoms with Crippen LogP contribution in [0.5, 0.6) is 0 Å². The number of hydrogen-bond donors (Lipinski definition) is 1. The molecule has 0 spiro atoms. The van der Waals surface area contributed by atoms with Crippen LogP contribution in [0, 0.1) is 19.8 Å². The van der Waals surface area contributed by atoms with Gasteiger partial charge in [-0.1, -0.05) is 5.16 Å². The third-order valence-electron chi connectivity index (χ3n) is 4.85. The number of ether oxygens (including phenoxy) is 3. The second-order valence-electron chi connectivity index (χ2n) is 6.52. The summed E-state index contributed by atoms with van der Waals surface area (Å²) in [6.45, 7) is 6.65. The molecule has 2 atom stereocenters. The molecule has 2 saturated heterocycles. The maximum absolute atomic E-state index is 12.5. The number of nitrogens with one attached hydrogen (secondary N) is 1. The minimum atomic E-state index is -0.156. The van der Waals surface area contributed by atoms with Gasteiger partial charge in [0.2, 0.25) is 5.91 Å². The smallest absolute Gasteiger partial charge is 0.223 e. The fraction of sp³-hybridized carbons (Fsp3) is 0.765. The summed E-state index contributed by atoms with van der Waals surface area (Å²) in [6, 6.07) is -0.0189. The van der Waals surface area contributed by atoms with Crippen LogP contribution in [0.25, 0.3) is 0 Å². The Labute approximate surface area is 142 Å². The molecule has 0 saturated carbocycles. The minimum absolute atomic E-state index is 0.0189. The summed E-state index contributed by atoms with van der Waals surface area (Å²) in [6.07, 6.45) is 2.19. The monoisotopic (exact) mass is 338 g/mol. The lowest BCUT2D eigenvalue weighted by Gasteiger charge is -2.33. The van der Waals surface area contributed by atoms with E-state index >= 15 is 0 Å². The summed E-state index contributed by atoms with van der Waals surface area (Å²) < 4.78 is 22.0. The van der Waals surface area contributed by atoms with Crippen molar-refractivity contribution in [1.82, 2.24) is 10.5 Å². The number of aryl methyl sites for hydroxylation is 2. The lowest BCUT2D eigenvalue weighted by molar-refractivity contribution is -0.133. The van der Waals surface area contributed by atoms with Crippen molar-refractivity contribution in [1.29, 1.82) is 0 Å². The molecule has 3 rings (SSSR count). The van der Waals surface area contributed by atoms with Crippen LogP contribution in [-0.4, -0.2) is 49.6 Å². The maximum atomic E-state index is 12.5. The summed E-state index contributed by atoms with van der Waals surface area (Å²) in [4.78, 5) is 12.5. The largest absolute Gasteiger partial charge is 0.381 e. The average Bonchev–Trinajstić information content (AvgIpc) is 2.93. The highest BCUT2D eigenvalue weighted by atomic mass is 16.5. The van der Waals surface area contributed by atoms with Gasteiger partial charge in [-0.15, -0.1) is 0 Å². The van der Waals surface area contributed by atoms with E-state index in [1.54, 1.807) is 0 Å². The van der Waals surface area contributed by atoms with Crippen molar-refractivity contribution in [3.8, 4) is 0 Å². The van der Waals surface area contributed by atoms with Gasteiger partial charge in [0.1, 0.15) is 11.9 Å². The zero-order chi connectivity index (χ0) is 16.9. The second-order valence-corrected chi connectivity index (χ2v) is 6.52. The lowest BCUT2D eigenvalue weighted by Crippen LogP contribution is -2.51. The topological polar surface area (TPSA) is 82.8 Å². The highest BCUT2D eigenvalue weighted by molar-refractivity contribution is 5.79. The number of rotatable bonds is 5. The van der Waals surface area contributed by atoms with Gasteiger partial charge in [-0.2, -0.15) is 0 Å². The van der Waals surface area contributed by atoms with Gasteiger partial charge in [-0.25, -0.2) is 0 Å². The highest BCUT2D eigenvalue weighted by Crippen LogP contribution is 2.20. The van der Waals surface area contributed by atoms with Crippen molar-refractivity contribution >= 4 is 5.91 Å². The first kappa shape index (κ1) is 17.4. The zero-order valence-electron chi connectivity index (χ0n) is 14.4. The van der Waals surface area contributed by atoms with Crippen LogP contribution >= 0.6 is 0 Å². The molecule has 1 aromatic heterocycles. The van der Waals surface area contributed by atoms with E-state index in [0.29, 0.717) is 33.0 Å². The van der Waals surface area contributed by atoms with E-state index in [2.05, 4.69) is 10.5 Å². The van der Waals surface area contributed by atoms with E-state index in [1.807, 2.05) is 13.8 Å². The summed E-state index contributed by atoms with van der Waals surface area (Å²) in [5.74, 6) is 0.924. The number of nitrogens with zero attached hydrogens (tertiary/aromatic N) is 1. The average molecular weight is 338 g/mol. The highest BCUT2D eigenvalue weighted by Gasteiger charge is 2.31. The van der Waals surface area contributed by atoms with Crippen molar-refractivity contribution in [3.63, 3.8) is 0 Å². The van der Waals surface area contributed by atoms with E-state index in [1.165, 1.54) is 0 Å². The van der Waals surface area contributed by atoms with Gasteiger partial charge in [-0.3, -0.25) is 4.79 Å². The van der Waals surface area contributed by atoms with Gasteiger partial charge in [0, 0.05) is 31.3 Å². The van der Waals surface area contributed by atoms with Crippen LogP contribution in [0.2, 0.25) is 0 Å². The van der Waals surface area contributed by atoms with Crippen LogP contribution in [0.15, 0.2) is 4.52 Å². The van der Waals surface area contributed by atoms with E-state index in [0.717, 1.165) is 36.3 Å². The van der Waals surface area contributed by atoms with Crippen LogP contribution < -0.4 is 5.32 Å². The zero-order valence-corrected chi connectivity index (χ0v) is 14.4. The lowest BCUT2D eigenvalue weighted by atomic mass is 9.97. The predicted octanol–water partition coefficient (Wildman–Crippen LogP) is 1.51. The van der Waals surface area contributed by atoms with E-state index in [4.69, 9.17) is 18.7 Å². The Morgan fingerprint density at radius 1 is 1.21 bits per heavy atom. The summed E-state index contributed by atoms with van der Waals surface area (Å²) in [5, 5.41) is 7.10. The third kappa shape index (κ3) is 4.15. The fourth-order valence-corrected chi connectivity index (χ4v) is 3.20. The molecule has 1 aromatic rings. The third-order valence-corrected chi connectivity index (χ3v) is 4.85. The quantitative estimate of drug-likeness (QED) is 0.876. The molecule has 0 aromatic carbocycles. The second kappa shape index (κ2) is 8.09. The van der Waals surface area contributed by atoms with Crippen molar-refractivity contribution in [2.75, 3.05) is 26.4 Å². The van der Waals surface area contributed by atoms with E-state index < -0.39 is 0 Å². The maximum Gasteiger partial charge on any atom is 0.223 e. The molecule has 0 unspecified atom stereocenters. The molecule has 134 valence electrons. The van der Waals surface area contributed by atoms with Crippen LogP contribution in [0.1, 0.15) is 36.3 Å². The molecule has 1 amide bonds. The molecular formula is C17H26N2O5. The van der Waals surface area contributed by atoms with Gasteiger partial charge >= 0.3 is 0 Å². The molecule has 2 fully saturated rings. The van der Waals surface area contributed by atoms with Crippen LogP contribution in [0.4, 0.5) is 0 Å². The van der Waals surface area contributed by atoms with Crippen molar-refractivity contribution in [2.45, 2.75) is 51.9 Å². The van der Waals surface area contributed by atoms with E-state index in [9.17, 15) is 4.79 Å². The Balaban J connectivity index is 1.55. The number of amides is 1. The molecule has 1 N–H and O–H groups in total. The van der Waals surface area contributed by atoms with Gasteiger partial charge < -0.3 is 24.1 Å². The number of aromatic nitrogens is 1. The van der Waals surface area contributed by atoms with E-state index in [-0.39, 0.29) is 24.0 Å². The van der Waals surface area contributed by atoms with Gasteiger partial charge in [0.15, 0.2) is 0 Å². The first-order valence-corrected chi connectivity index (χ1v) is 8.64. The Bertz CT molecular complexity index is 534. The molecular weight excluding hydrogens is 312 g/mol. The molecule has 2 aliphatic heterocycles. The minimum Gasteiger partial charge on any atom is -0.381 e. The number of carbonyl (C=O) groups excluding carboxylic acids is 1. The molecule has 2 aliphatic rings. The molecule has 3 heterocycles. The molecule has 7 heteroatoms. The fourth-order valence-electron chi connectivity index (χ4n) is 3.20. The van der Waals surface area contributed by atoms with Crippen molar-refractivity contribution < 1.29 is 23.5 Å². The Kier molecular flexibility index (Phi) is 5.86. The van der Waals surface area contributed by atoms with Crippen LogP contribution in [-0.2, 0) is 25.6 Å². The molecule has 0 aliphatic carbocycles. The number of carbonyl (C=O) groups is 1. The Hall–Kier alpha value is -1.44. The first-order chi connectivity index (χ1) is 11.6. The Morgan fingerprint density at radius 2 is 1.96 bits per heavy atom. The molecule has 7 nitrogen and oxygen atoms in total. The van der Waals surface area contributed by atoms with Gasteiger partial charge in [0.05, 0.1) is 24.9 Å². The molecule has 24 heavy (non-hydrogen) atoms. The van der Waals surface area contributed by atoms with Crippen LogP contribution in [0.3, 0.4) is 0 Å². The SMILES string of the molecule is Cc1noc(C)c1CO[C@@H]1COCC[C@H]1NC(=O)C1CCOCC1. The van der Waals surface area contributed by atoms with Crippen molar-refractivity contribution in [2.24, 2.45) is 5.92 Å². The standard InChI is InChI=1S/C17H26N2O5/c1-11-14(12(2)24-19-11)9-23-16-10-22-8-5-15(16)18-17(20)13-3-6-21-7-4-13/h13,15-16H,3-10H2,1-2H3,(H,18,20)/t15-,16-/m1/s1. The predicted molar refractivity (Wildman–Crippen MR) is 85.5 cm³/mol.